The van der Waals surface area contributed by atoms with E-state index in [1.165, 1.54) is 0 Å². The number of nitrogens with zero attached hydrogens (tertiary/aromatic N) is 2. The summed E-state index contributed by atoms with van der Waals surface area (Å²) < 4.78 is 38.1. The molecule has 0 aliphatic heterocycles. The van der Waals surface area contributed by atoms with Crippen LogP contribution in [0.15, 0.2) is 29.3 Å². The fourth-order valence-electron chi connectivity index (χ4n) is 2.49. The summed E-state index contributed by atoms with van der Waals surface area (Å²) in [6.07, 6.45) is -4.31. The van der Waals surface area contributed by atoms with Crippen molar-refractivity contribution >= 4 is 29.9 Å². The monoisotopic (exact) mass is 458 g/mol. The van der Waals surface area contributed by atoms with Crippen molar-refractivity contribution in [3.63, 3.8) is 0 Å². The van der Waals surface area contributed by atoms with Crippen LogP contribution in [0.2, 0.25) is 0 Å². The standard InChI is InChI=1S/C16H25F3N4.HI/c1-5-23(6-2)14(11-22-15(20-3)21-4)12-7-9-13(10-8-12)16(17,18)19;/h7-10,14H,5-6,11H2,1-4H3,(H2,20,21,22);1H. The molecule has 1 aromatic carbocycles. The first-order chi connectivity index (χ1) is 10.9. The Kier molecular flexibility index (Phi) is 10.3. The molecule has 0 aliphatic carbocycles. The van der Waals surface area contributed by atoms with E-state index in [9.17, 15) is 13.2 Å². The van der Waals surface area contributed by atoms with Gasteiger partial charge in [-0.25, -0.2) is 0 Å². The summed E-state index contributed by atoms with van der Waals surface area (Å²) in [4.78, 5) is 6.25. The maximum absolute atomic E-state index is 12.7. The third-order valence-electron chi connectivity index (χ3n) is 3.80. The number of nitrogens with one attached hydrogen (secondary N) is 2. The lowest BCUT2D eigenvalue weighted by Crippen LogP contribution is -2.42. The van der Waals surface area contributed by atoms with Crippen LogP contribution in [0.4, 0.5) is 13.2 Å². The molecule has 8 heteroatoms. The highest BCUT2D eigenvalue weighted by Crippen LogP contribution is 2.30. The van der Waals surface area contributed by atoms with E-state index in [1.54, 1.807) is 26.2 Å². The molecule has 24 heavy (non-hydrogen) atoms. The molecule has 138 valence electrons. The van der Waals surface area contributed by atoms with Crippen molar-refractivity contribution in [1.29, 1.82) is 0 Å². The molecule has 0 bridgehead atoms. The highest BCUT2D eigenvalue weighted by atomic mass is 127. The van der Waals surface area contributed by atoms with Gasteiger partial charge in [-0.2, -0.15) is 13.2 Å². The van der Waals surface area contributed by atoms with Crippen molar-refractivity contribution in [2.45, 2.75) is 26.1 Å². The predicted octanol–water partition coefficient (Wildman–Crippen LogP) is 3.50. The number of rotatable bonds is 6. The molecule has 0 spiro atoms. The topological polar surface area (TPSA) is 39.7 Å². The van der Waals surface area contributed by atoms with Crippen LogP contribution < -0.4 is 10.6 Å². The lowest BCUT2D eigenvalue weighted by Gasteiger charge is -2.31. The van der Waals surface area contributed by atoms with Gasteiger partial charge in [0, 0.05) is 20.6 Å². The van der Waals surface area contributed by atoms with Crippen LogP contribution in [0.3, 0.4) is 0 Å². The summed E-state index contributed by atoms with van der Waals surface area (Å²) in [6.45, 7) is 6.24. The first kappa shape index (κ1) is 23.0. The Labute approximate surface area is 158 Å². The van der Waals surface area contributed by atoms with Gasteiger partial charge in [0.15, 0.2) is 5.96 Å². The molecule has 0 fully saturated rings. The highest BCUT2D eigenvalue weighted by Gasteiger charge is 2.30. The molecule has 0 aliphatic rings. The van der Waals surface area contributed by atoms with Gasteiger partial charge in [-0.05, 0) is 30.8 Å². The molecule has 4 nitrogen and oxygen atoms in total. The second kappa shape index (κ2) is 10.8. The average Bonchev–Trinajstić information content (AvgIpc) is 2.54. The maximum atomic E-state index is 12.7. The summed E-state index contributed by atoms with van der Waals surface area (Å²) in [5.74, 6) is 0.647. The second-order valence-corrected chi connectivity index (χ2v) is 5.06. The van der Waals surface area contributed by atoms with Crippen molar-refractivity contribution in [3.8, 4) is 0 Å². The molecular formula is C16H26F3IN4. The van der Waals surface area contributed by atoms with E-state index in [0.29, 0.717) is 12.5 Å². The van der Waals surface area contributed by atoms with Gasteiger partial charge in [0.25, 0.3) is 0 Å². The van der Waals surface area contributed by atoms with Crippen LogP contribution in [-0.2, 0) is 6.18 Å². The van der Waals surface area contributed by atoms with Gasteiger partial charge in [0.1, 0.15) is 0 Å². The first-order valence-corrected chi connectivity index (χ1v) is 7.66. The summed E-state index contributed by atoms with van der Waals surface area (Å²) in [5, 5.41) is 6.12. The Bertz CT molecular complexity index is 499. The third-order valence-corrected chi connectivity index (χ3v) is 3.80. The van der Waals surface area contributed by atoms with E-state index in [1.807, 2.05) is 13.8 Å². The second-order valence-electron chi connectivity index (χ2n) is 5.06. The molecule has 0 saturated heterocycles. The summed E-state index contributed by atoms with van der Waals surface area (Å²) in [5.41, 5.74) is 0.222. The average molecular weight is 458 g/mol. The van der Waals surface area contributed by atoms with Crippen LogP contribution in [0.25, 0.3) is 0 Å². The Morgan fingerprint density at radius 3 is 2.08 bits per heavy atom. The fraction of sp³-hybridized carbons (Fsp3) is 0.562. The minimum Gasteiger partial charge on any atom is -0.359 e. The molecule has 0 amide bonds. The van der Waals surface area contributed by atoms with Crippen LogP contribution in [-0.4, -0.2) is 44.6 Å². The van der Waals surface area contributed by atoms with E-state index in [0.717, 1.165) is 30.8 Å². The van der Waals surface area contributed by atoms with Gasteiger partial charge in [-0.15, -0.1) is 24.0 Å². The zero-order valence-corrected chi connectivity index (χ0v) is 16.8. The van der Waals surface area contributed by atoms with Gasteiger partial charge in [0.05, 0.1) is 11.6 Å². The first-order valence-electron chi connectivity index (χ1n) is 7.66. The molecular weight excluding hydrogens is 432 g/mol. The lowest BCUT2D eigenvalue weighted by atomic mass is 10.0. The molecule has 1 atom stereocenters. The van der Waals surface area contributed by atoms with Crippen LogP contribution >= 0.6 is 24.0 Å². The minimum absolute atomic E-state index is 0. The maximum Gasteiger partial charge on any atom is 0.416 e. The Morgan fingerprint density at radius 2 is 1.71 bits per heavy atom. The number of likely N-dealkylation sites (N-methyl/N-ethyl adjacent to an activating group) is 1. The zero-order chi connectivity index (χ0) is 17.5. The summed E-state index contributed by atoms with van der Waals surface area (Å²) >= 11 is 0. The van der Waals surface area contributed by atoms with E-state index in [2.05, 4.69) is 20.5 Å². The van der Waals surface area contributed by atoms with Gasteiger partial charge < -0.3 is 10.6 Å². The quantitative estimate of drug-likeness (QED) is 0.390. The van der Waals surface area contributed by atoms with Crippen molar-refractivity contribution in [3.05, 3.63) is 35.4 Å². The van der Waals surface area contributed by atoms with Gasteiger partial charge in [-0.3, -0.25) is 9.89 Å². The molecule has 2 N–H and O–H groups in total. The Morgan fingerprint density at radius 1 is 1.17 bits per heavy atom. The number of aliphatic imine (C=N–C) groups is 1. The lowest BCUT2D eigenvalue weighted by molar-refractivity contribution is -0.137. The smallest absolute Gasteiger partial charge is 0.359 e. The van der Waals surface area contributed by atoms with Crippen molar-refractivity contribution in [2.24, 2.45) is 4.99 Å². The number of alkyl halides is 3. The number of hydrogen-bond donors (Lipinski definition) is 2. The third kappa shape index (κ3) is 6.46. The summed E-state index contributed by atoms with van der Waals surface area (Å²) in [7, 11) is 3.43. The van der Waals surface area contributed by atoms with E-state index in [-0.39, 0.29) is 30.0 Å². The largest absolute Gasteiger partial charge is 0.416 e. The molecule has 0 radical (unpaired) electrons. The molecule has 1 unspecified atom stereocenters. The Hall–Kier alpha value is -1.03. The number of benzene rings is 1. The van der Waals surface area contributed by atoms with Crippen molar-refractivity contribution < 1.29 is 13.2 Å². The zero-order valence-electron chi connectivity index (χ0n) is 14.4. The normalized spacial score (nSPS) is 13.4. The Balaban J connectivity index is 0.00000529. The van der Waals surface area contributed by atoms with Gasteiger partial charge in [-0.1, -0.05) is 26.0 Å². The van der Waals surface area contributed by atoms with Crippen LogP contribution in [0.5, 0.6) is 0 Å². The van der Waals surface area contributed by atoms with Crippen LogP contribution in [0.1, 0.15) is 31.0 Å². The van der Waals surface area contributed by atoms with E-state index >= 15 is 0 Å². The number of halogens is 4. The van der Waals surface area contributed by atoms with Gasteiger partial charge in [0.2, 0.25) is 0 Å². The highest BCUT2D eigenvalue weighted by molar-refractivity contribution is 14.0. The number of guanidine groups is 1. The molecule has 1 rings (SSSR count). The number of hydrogen-bond acceptors (Lipinski definition) is 2. The van der Waals surface area contributed by atoms with Gasteiger partial charge >= 0.3 is 6.18 Å². The van der Waals surface area contributed by atoms with E-state index < -0.39 is 11.7 Å². The summed E-state index contributed by atoms with van der Waals surface area (Å²) in [6, 6.07) is 5.35. The van der Waals surface area contributed by atoms with Crippen molar-refractivity contribution in [2.75, 3.05) is 33.7 Å². The van der Waals surface area contributed by atoms with Crippen molar-refractivity contribution in [1.82, 2.24) is 15.5 Å². The predicted molar refractivity (Wildman–Crippen MR) is 103 cm³/mol. The van der Waals surface area contributed by atoms with E-state index in [4.69, 9.17) is 0 Å². The SMILES string of the molecule is CCN(CC)C(CNC(=NC)NC)c1ccc(C(F)(F)F)cc1.I. The molecule has 1 aromatic rings. The minimum atomic E-state index is -4.31. The molecule has 0 saturated carbocycles. The fourth-order valence-corrected chi connectivity index (χ4v) is 2.49. The molecule has 0 aromatic heterocycles. The molecule has 0 heterocycles. The van der Waals surface area contributed by atoms with Crippen LogP contribution in [0, 0.1) is 0 Å².